The molecular formula is C23H24FN5O4. The Morgan fingerprint density at radius 3 is 2.64 bits per heavy atom. The predicted octanol–water partition coefficient (Wildman–Crippen LogP) is 2.77. The Hall–Kier alpha value is -3.79. The van der Waals surface area contributed by atoms with Crippen LogP contribution in [0.25, 0.3) is 11.4 Å². The van der Waals surface area contributed by atoms with Crippen LogP contribution in [0.1, 0.15) is 22.6 Å². The molecule has 0 fully saturated rings. The van der Waals surface area contributed by atoms with Crippen LogP contribution in [-0.4, -0.2) is 57.3 Å². The van der Waals surface area contributed by atoms with E-state index in [2.05, 4.69) is 10.1 Å². The zero-order valence-corrected chi connectivity index (χ0v) is 18.6. The number of anilines is 1. The van der Waals surface area contributed by atoms with Gasteiger partial charge in [0.2, 0.25) is 11.7 Å². The molecule has 0 saturated heterocycles. The topological polar surface area (TPSA) is 103 Å². The van der Waals surface area contributed by atoms with Crippen LogP contribution in [0, 0.1) is 19.7 Å². The van der Waals surface area contributed by atoms with E-state index < -0.39 is 5.97 Å². The Labute approximate surface area is 190 Å². The van der Waals surface area contributed by atoms with Gasteiger partial charge in [0, 0.05) is 43.9 Å². The Kier molecular flexibility index (Phi) is 6.10. The maximum atomic E-state index is 14.1. The number of nitrogens with zero attached hydrogens (tertiary/aromatic N) is 5. The van der Waals surface area contributed by atoms with E-state index in [0.717, 1.165) is 11.1 Å². The molecule has 1 aliphatic heterocycles. The lowest BCUT2D eigenvalue weighted by Gasteiger charge is -2.31. The zero-order valence-electron chi connectivity index (χ0n) is 18.6. The van der Waals surface area contributed by atoms with Crippen LogP contribution >= 0.6 is 0 Å². The van der Waals surface area contributed by atoms with Crippen LogP contribution in [0.3, 0.4) is 0 Å². The van der Waals surface area contributed by atoms with Crippen LogP contribution in [0.2, 0.25) is 0 Å². The van der Waals surface area contributed by atoms with Crippen molar-refractivity contribution < 1.29 is 23.6 Å². The van der Waals surface area contributed by atoms with Gasteiger partial charge in [-0.3, -0.25) is 14.6 Å². The molecule has 1 aromatic heterocycles. The number of aromatic nitrogens is 2. The Bertz CT molecular complexity index is 1210. The lowest BCUT2D eigenvalue weighted by Crippen LogP contribution is -2.47. The normalized spacial score (nSPS) is 13.1. The fourth-order valence-corrected chi connectivity index (χ4v) is 3.89. The summed E-state index contributed by atoms with van der Waals surface area (Å²) in [6.45, 7) is 3.65. The first kappa shape index (κ1) is 22.4. The number of carboxylic acids is 1. The van der Waals surface area contributed by atoms with Gasteiger partial charge in [-0.1, -0.05) is 29.4 Å². The summed E-state index contributed by atoms with van der Waals surface area (Å²) in [6, 6.07) is 10.3. The monoisotopic (exact) mass is 453 g/mol. The molecular weight excluding hydrogens is 429 g/mol. The minimum Gasteiger partial charge on any atom is -0.480 e. The summed E-state index contributed by atoms with van der Waals surface area (Å²) in [5.74, 6) is -0.892. The first-order valence-electron chi connectivity index (χ1n) is 10.4. The van der Waals surface area contributed by atoms with Gasteiger partial charge in [-0.15, -0.1) is 0 Å². The number of aliphatic carboxylic acids is 1. The highest BCUT2D eigenvalue weighted by Crippen LogP contribution is 2.28. The smallest absolute Gasteiger partial charge is 0.323 e. The third-order valence-corrected chi connectivity index (χ3v) is 5.68. The number of amides is 1. The molecule has 0 radical (unpaired) electrons. The van der Waals surface area contributed by atoms with Crippen molar-refractivity contribution in [3.05, 3.63) is 64.8 Å². The van der Waals surface area contributed by atoms with Crippen molar-refractivity contribution in [2.45, 2.75) is 26.9 Å². The summed E-state index contributed by atoms with van der Waals surface area (Å²) in [7, 11) is 1.61. The minimum atomic E-state index is -1.07. The molecule has 172 valence electrons. The molecule has 0 spiro atoms. The molecule has 0 unspecified atom stereocenters. The van der Waals surface area contributed by atoms with Gasteiger partial charge in [-0.25, -0.2) is 9.40 Å². The molecule has 2 aromatic carbocycles. The molecule has 10 heteroatoms. The van der Waals surface area contributed by atoms with Crippen molar-refractivity contribution in [1.29, 1.82) is 0 Å². The molecule has 3 aromatic rings. The molecule has 9 nitrogen and oxygen atoms in total. The van der Waals surface area contributed by atoms with Gasteiger partial charge in [0.1, 0.15) is 12.4 Å². The predicted molar refractivity (Wildman–Crippen MR) is 117 cm³/mol. The first-order valence-corrected chi connectivity index (χ1v) is 10.4. The second kappa shape index (κ2) is 8.99. The Balaban J connectivity index is 1.55. The average molecular weight is 453 g/mol. The average Bonchev–Trinajstić information content (AvgIpc) is 3.40. The highest BCUT2D eigenvalue weighted by Gasteiger charge is 2.28. The van der Waals surface area contributed by atoms with E-state index >= 15 is 0 Å². The second-order valence-electron chi connectivity index (χ2n) is 8.01. The van der Waals surface area contributed by atoms with E-state index in [4.69, 9.17) is 4.52 Å². The number of rotatable bonds is 7. The summed E-state index contributed by atoms with van der Waals surface area (Å²) in [5.41, 5.74) is 3.42. The fourth-order valence-electron chi connectivity index (χ4n) is 3.89. The molecule has 1 N–H and O–H groups in total. The summed E-state index contributed by atoms with van der Waals surface area (Å²) < 4.78 is 19.1. The number of hydrogen-bond donors (Lipinski definition) is 1. The highest BCUT2D eigenvalue weighted by atomic mass is 19.1. The van der Waals surface area contributed by atoms with Crippen molar-refractivity contribution in [2.24, 2.45) is 0 Å². The minimum absolute atomic E-state index is 0.173. The second-order valence-corrected chi connectivity index (χ2v) is 8.01. The molecule has 0 bridgehead atoms. The summed E-state index contributed by atoms with van der Waals surface area (Å²) in [6.07, 6.45) is 0. The Morgan fingerprint density at radius 2 is 1.97 bits per heavy atom. The molecule has 33 heavy (non-hydrogen) atoms. The van der Waals surface area contributed by atoms with E-state index in [0.29, 0.717) is 35.1 Å². The quantitative estimate of drug-likeness (QED) is 0.583. The summed E-state index contributed by atoms with van der Waals surface area (Å²) in [4.78, 5) is 30.4. The van der Waals surface area contributed by atoms with Crippen molar-refractivity contribution in [3.63, 3.8) is 0 Å². The number of carboxylic acid groups (broad SMARTS) is 1. The fraction of sp³-hybridized carbons (Fsp3) is 0.304. The third kappa shape index (κ3) is 4.70. The van der Waals surface area contributed by atoms with Crippen LogP contribution in [0.5, 0.6) is 0 Å². The van der Waals surface area contributed by atoms with Crippen molar-refractivity contribution in [1.82, 2.24) is 20.2 Å². The van der Waals surface area contributed by atoms with E-state index in [1.165, 1.54) is 16.0 Å². The molecule has 2 heterocycles. The summed E-state index contributed by atoms with van der Waals surface area (Å²) >= 11 is 0. The zero-order chi connectivity index (χ0) is 23.7. The van der Waals surface area contributed by atoms with Gasteiger partial charge in [0.25, 0.3) is 5.91 Å². The number of hydrazine groups is 1. The van der Waals surface area contributed by atoms with Crippen LogP contribution < -0.4 is 4.90 Å². The number of carbonyl (C=O) groups excluding carboxylic acids is 1. The van der Waals surface area contributed by atoms with Crippen LogP contribution in [0.15, 0.2) is 40.9 Å². The van der Waals surface area contributed by atoms with Crippen LogP contribution in [-0.2, 0) is 22.7 Å². The molecule has 1 aliphatic rings. The first-order chi connectivity index (χ1) is 15.7. The van der Waals surface area contributed by atoms with Gasteiger partial charge < -0.3 is 14.5 Å². The van der Waals surface area contributed by atoms with Gasteiger partial charge in [0.05, 0.1) is 6.54 Å². The third-order valence-electron chi connectivity index (χ3n) is 5.68. The number of aryl methyl sites for hydroxylation is 2. The van der Waals surface area contributed by atoms with E-state index in [9.17, 15) is 19.1 Å². The maximum absolute atomic E-state index is 14.1. The van der Waals surface area contributed by atoms with E-state index in [1.54, 1.807) is 31.1 Å². The molecule has 0 aliphatic carbocycles. The number of hydrogen-bond acceptors (Lipinski definition) is 7. The standard InChI is InChI=1S/C23H24FN5O4/c1-14-7-8-16(23-25-15(2)33-26-23)9-20(14)28(13-22(31)32)12-21(30)27(3)29-10-17-5-4-6-19(24)18(17)11-29/h4-9H,10-13H2,1-3H3,(H,31,32). The number of carbonyl (C=O) groups is 2. The maximum Gasteiger partial charge on any atom is 0.323 e. The van der Waals surface area contributed by atoms with Crippen LogP contribution in [0.4, 0.5) is 10.1 Å². The number of fused-ring (bicyclic) bond motifs is 1. The molecule has 4 rings (SSSR count). The number of halogens is 1. The van der Waals surface area contributed by atoms with Gasteiger partial charge in [-0.2, -0.15) is 4.98 Å². The van der Waals surface area contributed by atoms with Crippen molar-refractivity contribution in [2.75, 3.05) is 25.0 Å². The lowest BCUT2D eigenvalue weighted by atomic mass is 10.1. The lowest BCUT2D eigenvalue weighted by molar-refractivity contribution is -0.145. The molecule has 0 saturated carbocycles. The van der Waals surface area contributed by atoms with Gasteiger partial charge in [0.15, 0.2) is 0 Å². The number of likely N-dealkylation sites (N-methyl/N-ethyl adjacent to an activating group) is 1. The number of benzene rings is 2. The highest BCUT2D eigenvalue weighted by molar-refractivity contribution is 5.85. The molecule has 0 atom stereocenters. The Morgan fingerprint density at radius 1 is 1.18 bits per heavy atom. The van der Waals surface area contributed by atoms with E-state index in [1.807, 2.05) is 25.1 Å². The van der Waals surface area contributed by atoms with Gasteiger partial charge in [-0.05, 0) is 30.2 Å². The van der Waals surface area contributed by atoms with Crippen molar-refractivity contribution >= 4 is 17.6 Å². The van der Waals surface area contributed by atoms with Gasteiger partial charge >= 0.3 is 5.97 Å². The largest absolute Gasteiger partial charge is 0.480 e. The van der Waals surface area contributed by atoms with E-state index in [-0.39, 0.29) is 31.4 Å². The SMILES string of the molecule is Cc1nc(-c2ccc(C)c(N(CC(=O)O)CC(=O)N(C)N3Cc4cccc(F)c4C3)c2)no1. The van der Waals surface area contributed by atoms with Crippen molar-refractivity contribution in [3.8, 4) is 11.4 Å². The summed E-state index contributed by atoms with van der Waals surface area (Å²) in [5, 5.41) is 16.6. The molecule has 1 amide bonds.